The summed E-state index contributed by atoms with van der Waals surface area (Å²) in [6.45, 7) is 6.44. The summed E-state index contributed by atoms with van der Waals surface area (Å²) in [4.78, 5) is 2.40. The summed E-state index contributed by atoms with van der Waals surface area (Å²) < 4.78 is 14.2. The Morgan fingerprint density at radius 2 is 2.28 bits per heavy atom. The molecule has 18 heavy (non-hydrogen) atoms. The van der Waals surface area contributed by atoms with Crippen LogP contribution in [0.5, 0.6) is 0 Å². The number of hydrogen-bond acceptors (Lipinski definition) is 2. The first-order chi connectivity index (χ1) is 8.61. The van der Waals surface area contributed by atoms with Gasteiger partial charge in [0.15, 0.2) is 0 Å². The van der Waals surface area contributed by atoms with E-state index in [1.165, 1.54) is 12.8 Å². The third kappa shape index (κ3) is 3.15. The first-order valence-electron chi connectivity index (χ1n) is 6.57. The van der Waals surface area contributed by atoms with Gasteiger partial charge in [0.25, 0.3) is 0 Å². The molecule has 0 bridgehead atoms. The van der Waals surface area contributed by atoms with E-state index in [0.29, 0.717) is 12.1 Å². The van der Waals surface area contributed by atoms with Gasteiger partial charge in [-0.25, -0.2) is 4.39 Å². The van der Waals surface area contributed by atoms with E-state index in [1.807, 2.05) is 6.07 Å². The molecule has 0 saturated carbocycles. The maximum atomic E-state index is 13.2. The van der Waals surface area contributed by atoms with Crippen molar-refractivity contribution in [2.45, 2.75) is 38.8 Å². The Labute approximate surface area is 122 Å². The minimum absolute atomic E-state index is 0.156. The van der Waals surface area contributed by atoms with Crippen LogP contribution in [-0.4, -0.2) is 25.2 Å². The van der Waals surface area contributed by atoms with Gasteiger partial charge in [0, 0.05) is 28.7 Å². The number of nitrogens with zero attached hydrogens (tertiary/aromatic N) is 1. The lowest BCUT2D eigenvalue weighted by molar-refractivity contribution is 0.386. The zero-order valence-corrected chi connectivity index (χ0v) is 13.1. The van der Waals surface area contributed by atoms with Crippen molar-refractivity contribution in [2.75, 3.05) is 18.0 Å². The third-order valence-electron chi connectivity index (χ3n) is 3.51. The fourth-order valence-electron chi connectivity index (χ4n) is 2.52. The molecule has 1 saturated heterocycles. The van der Waals surface area contributed by atoms with Crippen LogP contribution in [0.25, 0.3) is 0 Å². The van der Waals surface area contributed by atoms with Crippen molar-refractivity contribution < 1.29 is 4.39 Å². The summed E-state index contributed by atoms with van der Waals surface area (Å²) in [5.74, 6) is -0.156. The summed E-state index contributed by atoms with van der Waals surface area (Å²) >= 11 is 2.22. The number of benzene rings is 1. The monoisotopic (exact) mass is 362 g/mol. The van der Waals surface area contributed by atoms with Crippen molar-refractivity contribution in [3.05, 3.63) is 27.6 Å². The largest absolute Gasteiger partial charge is 0.365 e. The molecule has 100 valence electrons. The highest BCUT2D eigenvalue weighted by Crippen LogP contribution is 2.27. The van der Waals surface area contributed by atoms with Gasteiger partial charge in [0.1, 0.15) is 5.82 Å². The molecule has 1 aromatic carbocycles. The van der Waals surface area contributed by atoms with Gasteiger partial charge >= 0.3 is 0 Å². The Hall–Kier alpha value is -0.360. The Bertz CT molecular complexity index is 411. The first kappa shape index (κ1) is 14.1. The Morgan fingerprint density at radius 1 is 1.50 bits per heavy atom. The molecule has 1 fully saturated rings. The average Bonchev–Trinajstić information content (AvgIpc) is 2.33. The smallest absolute Gasteiger partial charge is 0.124 e. The van der Waals surface area contributed by atoms with Crippen molar-refractivity contribution in [3.63, 3.8) is 0 Å². The van der Waals surface area contributed by atoms with Gasteiger partial charge in [-0.3, -0.25) is 0 Å². The average molecular weight is 362 g/mol. The molecule has 0 aliphatic carbocycles. The molecule has 4 heteroatoms. The summed E-state index contributed by atoms with van der Waals surface area (Å²) in [6.07, 6.45) is 2.39. The highest BCUT2D eigenvalue weighted by Gasteiger charge is 2.25. The Kier molecular flexibility index (Phi) is 4.84. The zero-order chi connectivity index (χ0) is 13.1. The van der Waals surface area contributed by atoms with E-state index in [2.05, 4.69) is 46.7 Å². The van der Waals surface area contributed by atoms with E-state index in [0.717, 1.165) is 22.3 Å². The Morgan fingerprint density at radius 3 is 2.94 bits per heavy atom. The number of nitrogens with one attached hydrogen (secondary N) is 1. The van der Waals surface area contributed by atoms with Crippen molar-refractivity contribution in [3.8, 4) is 0 Å². The van der Waals surface area contributed by atoms with Gasteiger partial charge < -0.3 is 10.2 Å². The van der Waals surface area contributed by atoms with Crippen LogP contribution in [0, 0.1) is 9.39 Å². The quantitative estimate of drug-likeness (QED) is 0.830. The molecule has 0 spiro atoms. The van der Waals surface area contributed by atoms with Gasteiger partial charge in [-0.15, -0.1) is 0 Å². The standard InChI is InChI=1S/C14H20FIN2/c1-3-4-12-9-18(10(2)8-17-12)14-6-5-11(15)7-13(14)16/h5-7,10,12,17H,3-4,8-9H2,1-2H3. The molecule has 2 nitrogen and oxygen atoms in total. The molecule has 2 atom stereocenters. The summed E-state index contributed by atoms with van der Waals surface area (Å²) in [5, 5.41) is 3.58. The minimum Gasteiger partial charge on any atom is -0.365 e. The van der Waals surface area contributed by atoms with Crippen LogP contribution in [0.4, 0.5) is 10.1 Å². The second-order valence-electron chi connectivity index (χ2n) is 4.99. The molecular weight excluding hydrogens is 342 g/mol. The summed E-state index contributed by atoms with van der Waals surface area (Å²) in [5.41, 5.74) is 1.16. The van der Waals surface area contributed by atoms with Crippen LogP contribution < -0.4 is 10.2 Å². The van der Waals surface area contributed by atoms with Gasteiger partial charge in [0.2, 0.25) is 0 Å². The maximum absolute atomic E-state index is 13.2. The number of anilines is 1. The lowest BCUT2D eigenvalue weighted by Gasteiger charge is -2.41. The van der Waals surface area contributed by atoms with E-state index in [4.69, 9.17) is 0 Å². The normalized spacial score (nSPS) is 24.3. The van der Waals surface area contributed by atoms with Crippen LogP contribution in [0.2, 0.25) is 0 Å². The van der Waals surface area contributed by atoms with E-state index in [9.17, 15) is 4.39 Å². The molecule has 0 radical (unpaired) electrons. The van der Waals surface area contributed by atoms with E-state index in [1.54, 1.807) is 12.1 Å². The van der Waals surface area contributed by atoms with Crippen LogP contribution in [0.15, 0.2) is 18.2 Å². The zero-order valence-electron chi connectivity index (χ0n) is 10.9. The van der Waals surface area contributed by atoms with Gasteiger partial charge in [-0.2, -0.15) is 0 Å². The van der Waals surface area contributed by atoms with Crippen molar-refractivity contribution >= 4 is 28.3 Å². The highest BCUT2D eigenvalue weighted by atomic mass is 127. The lowest BCUT2D eigenvalue weighted by Crippen LogP contribution is -2.55. The lowest BCUT2D eigenvalue weighted by atomic mass is 10.1. The number of piperazine rings is 1. The molecule has 1 N–H and O–H groups in total. The molecule has 0 aromatic heterocycles. The predicted molar refractivity (Wildman–Crippen MR) is 82.6 cm³/mol. The predicted octanol–water partition coefficient (Wildman–Crippen LogP) is 3.40. The Balaban J connectivity index is 2.18. The SMILES string of the molecule is CCCC1CN(c2ccc(F)cc2I)C(C)CN1. The molecule has 2 unspecified atom stereocenters. The number of hydrogen-bond donors (Lipinski definition) is 1. The molecule has 1 aliphatic rings. The molecule has 1 heterocycles. The molecule has 1 aromatic rings. The van der Waals surface area contributed by atoms with Gasteiger partial charge in [-0.05, 0) is 54.1 Å². The van der Waals surface area contributed by atoms with Crippen LogP contribution >= 0.6 is 22.6 Å². The van der Waals surface area contributed by atoms with Crippen molar-refractivity contribution in [1.82, 2.24) is 5.32 Å². The first-order valence-corrected chi connectivity index (χ1v) is 7.64. The molecule has 1 aliphatic heterocycles. The van der Waals surface area contributed by atoms with Gasteiger partial charge in [-0.1, -0.05) is 13.3 Å². The number of rotatable bonds is 3. The highest BCUT2D eigenvalue weighted by molar-refractivity contribution is 14.1. The van der Waals surface area contributed by atoms with Crippen LogP contribution in [-0.2, 0) is 0 Å². The van der Waals surface area contributed by atoms with E-state index < -0.39 is 0 Å². The van der Waals surface area contributed by atoms with Crippen molar-refractivity contribution in [1.29, 1.82) is 0 Å². The van der Waals surface area contributed by atoms with Crippen molar-refractivity contribution in [2.24, 2.45) is 0 Å². The second kappa shape index (κ2) is 6.19. The molecular formula is C14H20FIN2. The number of halogens is 2. The second-order valence-corrected chi connectivity index (χ2v) is 6.15. The fourth-order valence-corrected chi connectivity index (χ4v) is 3.31. The third-order valence-corrected chi connectivity index (χ3v) is 4.37. The van der Waals surface area contributed by atoms with Crippen LogP contribution in [0.3, 0.4) is 0 Å². The van der Waals surface area contributed by atoms with E-state index >= 15 is 0 Å². The molecule has 2 rings (SSSR count). The summed E-state index contributed by atoms with van der Waals surface area (Å²) in [6, 6.07) is 6.08. The van der Waals surface area contributed by atoms with Crippen LogP contribution in [0.1, 0.15) is 26.7 Å². The maximum Gasteiger partial charge on any atom is 0.124 e. The topological polar surface area (TPSA) is 15.3 Å². The summed E-state index contributed by atoms with van der Waals surface area (Å²) in [7, 11) is 0. The minimum atomic E-state index is -0.156. The fraction of sp³-hybridized carbons (Fsp3) is 0.571. The molecule has 0 amide bonds. The van der Waals surface area contributed by atoms with E-state index in [-0.39, 0.29) is 5.82 Å². The van der Waals surface area contributed by atoms with Gasteiger partial charge in [0.05, 0.1) is 5.69 Å².